The number of rotatable bonds is 5. The summed E-state index contributed by atoms with van der Waals surface area (Å²) in [4.78, 5) is 40.1. The number of benzene rings is 1. The lowest BCUT2D eigenvalue weighted by Gasteiger charge is -2.31. The topological polar surface area (TPSA) is 181 Å². The second kappa shape index (κ2) is 11.8. The number of aliphatic hydroxyl groups is 2. The Balaban J connectivity index is 1.07. The maximum absolute atomic E-state index is 12.7. The molecule has 226 valence electrons. The normalized spacial score (nSPS) is 24.0. The third-order valence-corrected chi connectivity index (χ3v) is 8.39. The summed E-state index contributed by atoms with van der Waals surface area (Å²) in [6.45, 7) is 5.36. The zero-order chi connectivity index (χ0) is 30.2. The van der Waals surface area contributed by atoms with E-state index in [9.17, 15) is 19.8 Å². The van der Waals surface area contributed by atoms with Crippen LogP contribution in [0.2, 0.25) is 0 Å². The number of urea groups is 1. The molecule has 6 rings (SSSR count). The van der Waals surface area contributed by atoms with Crippen LogP contribution in [0.3, 0.4) is 0 Å². The van der Waals surface area contributed by atoms with Crippen molar-refractivity contribution in [1.82, 2.24) is 29.7 Å². The van der Waals surface area contributed by atoms with Crippen molar-refractivity contribution in [2.24, 2.45) is 5.92 Å². The first-order chi connectivity index (χ1) is 20.7. The molecule has 4 atom stereocenters. The summed E-state index contributed by atoms with van der Waals surface area (Å²) in [6.07, 6.45) is 0.325. The Morgan fingerprint density at radius 2 is 1.86 bits per heavy atom. The molecule has 1 aliphatic carbocycles. The molecule has 3 aliphatic rings. The number of ether oxygens (including phenoxy) is 1. The van der Waals surface area contributed by atoms with Crippen molar-refractivity contribution in [3.8, 4) is 11.8 Å². The highest BCUT2D eigenvalue weighted by Crippen LogP contribution is 2.33. The number of hydrogen-bond donors (Lipinski definition) is 5. The average Bonchev–Trinajstić information content (AvgIpc) is 3.62. The highest BCUT2D eigenvalue weighted by Gasteiger charge is 2.48. The Labute approximate surface area is 248 Å². The summed E-state index contributed by atoms with van der Waals surface area (Å²) in [5, 5.41) is 27.0. The molecule has 2 saturated heterocycles. The third kappa shape index (κ3) is 6.13. The van der Waals surface area contributed by atoms with Crippen molar-refractivity contribution in [2.75, 3.05) is 24.1 Å². The number of nitrogens with two attached hydrogens (primary N) is 1. The number of likely N-dealkylation sites (tertiary alicyclic amines) is 1. The molecule has 3 fully saturated rings. The summed E-state index contributed by atoms with van der Waals surface area (Å²) >= 11 is 0. The maximum atomic E-state index is 12.7. The molecule has 13 nitrogen and oxygen atoms in total. The summed E-state index contributed by atoms with van der Waals surface area (Å²) in [7, 11) is 0. The Kier molecular flexibility index (Phi) is 7.91. The standard InChI is InChI=1S/C30H36N8O5/c1-16-6-7-20(14-17(16)2)34-30(42)37-12-10-18(11-13-37)4-3-5-21-35-26(31)22-27(36-21)38(15-32-22)29-24(40)23(39)25(43-29)28(41)33-19-8-9-19/h6-7,14-15,18-19,23-25,29,39-40H,4,8-13H2,1-2H3,(H,33,41)(H,34,42)(H2,31,35,36)/t23-,24+,25-,29+/m0/s1. The van der Waals surface area contributed by atoms with Crippen LogP contribution in [0.1, 0.15) is 55.3 Å². The Morgan fingerprint density at radius 3 is 2.58 bits per heavy atom. The van der Waals surface area contributed by atoms with Crippen molar-refractivity contribution >= 4 is 34.6 Å². The molecule has 3 amide bonds. The first kappa shape index (κ1) is 28.9. The smallest absolute Gasteiger partial charge is 0.321 e. The predicted molar refractivity (Wildman–Crippen MR) is 158 cm³/mol. The number of nitrogens with zero attached hydrogens (tertiary/aromatic N) is 5. The molecule has 1 aromatic carbocycles. The van der Waals surface area contributed by atoms with E-state index in [1.165, 1.54) is 16.5 Å². The minimum absolute atomic E-state index is 0.0859. The molecule has 6 N–H and O–H groups in total. The predicted octanol–water partition coefficient (Wildman–Crippen LogP) is 1.61. The van der Waals surface area contributed by atoms with Crippen molar-refractivity contribution in [1.29, 1.82) is 0 Å². The van der Waals surface area contributed by atoms with Crippen LogP contribution in [0.4, 0.5) is 16.3 Å². The van der Waals surface area contributed by atoms with E-state index in [2.05, 4.69) is 37.4 Å². The molecule has 1 saturated carbocycles. The summed E-state index contributed by atoms with van der Waals surface area (Å²) in [6, 6.07) is 5.88. The fourth-order valence-electron chi connectivity index (χ4n) is 5.43. The van der Waals surface area contributed by atoms with Gasteiger partial charge in [0.05, 0.1) is 6.33 Å². The van der Waals surface area contributed by atoms with E-state index in [4.69, 9.17) is 10.5 Å². The zero-order valence-electron chi connectivity index (χ0n) is 24.2. The van der Waals surface area contributed by atoms with Gasteiger partial charge in [-0.2, -0.15) is 0 Å². The van der Waals surface area contributed by atoms with E-state index < -0.39 is 30.4 Å². The van der Waals surface area contributed by atoms with E-state index >= 15 is 0 Å². The van der Waals surface area contributed by atoms with Gasteiger partial charge in [0, 0.05) is 31.2 Å². The van der Waals surface area contributed by atoms with Crippen LogP contribution in [0.5, 0.6) is 0 Å². The lowest BCUT2D eigenvalue weighted by Crippen LogP contribution is -2.43. The number of piperidine rings is 1. The van der Waals surface area contributed by atoms with Gasteiger partial charge in [0.1, 0.15) is 17.7 Å². The Morgan fingerprint density at radius 1 is 1.09 bits per heavy atom. The van der Waals surface area contributed by atoms with Gasteiger partial charge in [0.15, 0.2) is 23.8 Å². The van der Waals surface area contributed by atoms with Gasteiger partial charge < -0.3 is 36.2 Å². The largest absolute Gasteiger partial charge is 0.387 e. The van der Waals surface area contributed by atoms with Gasteiger partial charge in [-0.3, -0.25) is 9.36 Å². The summed E-state index contributed by atoms with van der Waals surface area (Å²) in [5.74, 6) is 6.30. The molecular formula is C30H36N8O5. The van der Waals surface area contributed by atoms with Crippen molar-refractivity contribution in [2.45, 2.75) is 76.5 Å². The number of hydrogen-bond acceptors (Lipinski definition) is 9. The zero-order valence-corrected chi connectivity index (χ0v) is 24.2. The lowest BCUT2D eigenvalue weighted by molar-refractivity contribution is -0.137. The third-order valence-electron chi connectivity index (χ3n) is 8.39. The van der Waals surface area contributed by atoms with Crippen LogP contribution in [0, 0.1) is 31.6 Å². The van der Waals surface area contributed by atoms with Gasteiger partial charge in [0.25, 0.3) is 5.91 Å². The number of fused-ring (bicyclic) bond motifs is 1. The fourth-order valence-corrected chi connectivity index (χ4v) is 5.43. The number of nitrogens with one attached hydrogen (secondary N) is 2. The van der Waals surface area contributed by atoms with E-state index in [1.54, 1.807) is 0 Å². The SMILES string of the molecule is Cc1ccc(NC(=O)N2CCC(CC#Cc3nc(N)c4ncn([C@@H]5O[C@H](C(=O)NC6CC6)[C@@H](O)[C@H]5O)c4n3)CC2)cc1C. The second-order valence-electron chi connectivity index (χ2n) is 11.6. The van der Waals surface area contributed by atoms with Crippen molar-refractivity contribution < 1.29 is 24.5 Å². The van der Waals surface area contributed by atoms with Crippen LogP contribution in [0.15, 0.2) is 24.5 Å². The average molecular weight is 589 g/mol. The van der Waals surface area contributed by atoms with Gasteiger partial charge >= 0.3 is 6.03 Å². The monoisotopic (exact) mass is 588 g/mol. The number of nitrogen functional groups attached to an aromatic ring is 1. The molecule has 0 radical (unpaired) electrons. The van der Waals surface area contributed by atoms with Crippen molar-refractivity contribution in [3.63, 3.8) is 0 Å². The number of carbonyl (C=O) groups is 2. The minimum atomic E-state index is -1.41. The molecule has 13 heteroatoms. The highest BCUT2D eigenvalue weighted by atomic mass is 16.6. The van der Waals surface area contributed by atoms with Crippen LogP contribution in [-0.4, -0.2) is 84.0 Å². The number of imidazole rings is 1. The van der Waals surface area contributed by atoms with E-state index in [0.29, 0.717) is 30.9 Å². The van der Waals surface area contributed by atoms with Crippen LogP contribution in [0.25, 0.3) is 11.2 Å². The quantitative estimate of drug-likeness (QED) is 0.277. The van der Waals surface area contributed by atoms with E-state index in [1.807, 2.05) is 36.9 Å². The first-order valence-electron chi connectivity index (χ1n) is 14.6. The molecule has 3 aromatic rings. The van der Waals surface area contributed by atoms with Crippen molar-refractivity contribution in [3.05, 3.63) is 41.5 Å². The molecule has 0 bridgehead atoms. The van der Waals surface area contributed by atoms with Gasteiger partial charge in [-0.25, -0.2) is 19.7 Å². The van der Waals surface area contributed by atoms with Crippen LogP contribution in [-0.2, 0) is 9.53 Å². The Hall–Kier alpha value is -4.25. The van der Waals surface area contributed by atoms with Gasteiger partial charge in [0.2, 0.25) is 5.82 Å². The van der Waals surface area contributed by atoms with Gasteiger partial charge in [-0.15, -0.1) is 0 Å². The van der Waals surface area contributed by atoms with Gasteiger partial charge in [-0.1, -0.05) is 12.0 Å². The number of aliphatic hydroxyl groups excluding tert-OH is 2. The van der Waals surface area contributed by atoms with E-state index in [0.717, 1.165) is 36.9 Å². The summed E-state index contributed by atoms with van der Waals surface area (Å²) in [5.41, 5.74) is 9.83. The summed E-state index contributed by atoms with van der Waals surface area (Å²) < 4.78 is 7.22. The van der Waals surface area contributed by atoms with Gasteiger partial charge in [-0.05, 0) is 74.6 Å². The molecule has 0 spiro atoms. The second-order valence-corrected chi connectivity index (χ2v) is 11.6. The number of aromatic nitrogens is 4. The number of carbonyl (C=O) groups excluding carboxylic acids is 2. The van der Waals surface area contributed by atoms with Crippen LogP contribution < -0.4 is 16.4 Å². The number of anilines is 2. The molecule has 43 heavy (non-hydrogen) atoms. The number of amides is 3. The molecular weight excluding hydrogens is 552 g/mol. The fraction of sp³-hybridized carbons (Fsp3) is 0.500. The molecule has 4 heterocycles. The lowest BCUT2D eigenvalue weighted by atomic mass is 9.94. The molecule has 2 aliphatic heterocycles. The highest BCUT2D eigenvalue weighted by molar-refractivity contribution is 5.89. The molecule has 2 aromatic heterocycles. The maximum Gasteiger partial charge on any atom is 0.321 e. The van der Waals surface area contributed by atoms with Crippen LogP contribution >= 0.6 is 0 Å². The molecule has 0 unspecified atom stereocenters. The number of aryl methyl sites for hydroxylation is 2. The Bertz CT molecular complexity index is 1600. The van der Waals surface area contributed by atoms with E-state index in [-0.39, 0.29) is 29.4 Å². The minimum Gasteiger partial charge on any atom is -0.387 e. The first-order valence-corrected chi connectivity index (χ1v) is 14.6.